The Bertz CT molecular complexity index is 1360. The van der Waals surface area contributed by atoms with E-state index in [0.717, 1.165) is 16.5 Å². The second kappa shape index (κ2) is 5.84. The molecule has 0 saturated carbocycles. The molecule has 0 atom stereocenters. The van der Waals surface area contributed by atoms with Crippen LogP contribution in [0, 0.1) is 13.8 Å². The lowest BCUT2D eigenvalue weighted by atomic mass is 10.1. The van der Waals surface area contributed by atoms with Gasteiger partial charge in [-0.05, 0) is 37.6 Å². The fraction of sp³-hybridized carbons (Fsp3) is 0.111. The first kappa shape index (κ1) is 16.6. The first-order valence-corrected chi connectivity index (χ1v) is 8.13. The third kappa shape index (κ3) is 2.48. The predicted molar refractivity (Wildman–Crippen MR) is 103 cm³/mol. The maximum atomic E-state index is 12.2. The zero-order valence-electron chi connectivity index (χ0n) is 14.5. The summed E-state index contributed by atoms with van der Waals surface area (Å²) in [6.45, 7) is 3.71. The molecule has 0 bridgehead atoms. The van der Waals surface area contributed by atoms with Crippen LogP contribution in [0.3, 0.4) is 0 Å². The molecule has 4 aromatic rings. The highest BCUT2D eigenvalue weighted by molar-refractivity contribution is 5.98. The van der Waals surface area contributed by atoms with E-state index in [1.165, 1.54) is 12.1 Å². The van der Waals surface area contributed by atoms with Crippen LogP contribution < -0.4 is 16.9 Å². The van der Waals surface area contributed by atoms with Crippen molar-refractivity contribution in [1.29, 1.82) is 0 Å². The summed E-state index contributed by atoms with van der Waals surface area (Å²) < 4.78 is 0. The molecule has 2 aromatic carbocycles. The number of nitrogens with one attached hydrogen (secondary N) is 3. The number of nitrogens with two attached hydrogens (primary N) is 1. The number of hydrogen-bond donors (Lipinski definition) is 5. The highest BCUT2D eigenvalue weighted by Gasteiger charge is 2.14. The summed E-state index contributed by atoms with van der Waals surface area (Å²) in [6, 6.07) is 4.69. The van der Waals surface area contributed by atoms with Crippen molar-refractivity contribution in [2.45, 2.75) is 13.8 Å². The van der Waals surface area contributed by atoms with Crippen LogP contribution in [0.1, 0.15) is 11.1 Å². The van der Waals surface area contributed by atoms with Crippen molar-refractivity contribution in [3.63, 3.8) is 0 Å². The minimum Gasteiger partial charge on any atom is -0.505 e. The molecule has 0 saturated heterocycles. The van der Waals surface area contributed by atoms with Crippen molar-refractivity contribution in [3.8, 4) is 5.75 Å². The largest absolute Gasteiger partial charge is 0.505 e. The number of anilines is 1. The molecule has 0 aliphatic rings. The summed E-state index contributed by atoms with van der Waals surface area (Å²) in [5.74, 6) is -0.0143. The van der Waals surface area contributed by atoms with Gasteiger partial charge < -0.3 is 15.8 Å². The Hall–Kier alpha value is -3.88. The number of rotatable bonds is 2. The molecule has 2 aromatic heterocycles. The Morgan fingerprint density at radius 3 is 2.41 bits per heavy atom. The van der Waals surface area contributed by atoms with Gasteiger partial charge in [-0.1, -0.05) is 0 Å². The second-order valence-electron chi connectivity index (χ2n) is 6.30. The first-order valence-electron chi connectivity index (χ1n) is 8.13. The highest BCUT2D eigenvalue weighted by atomic mass is 16.3. The number of nitrogen functional groups attached to an aromatic ring is 1. The molecule has 27 heavy (non-hydrogen) atoms. The number of aromatic hydroxyl groups is 1. The van der Waals surface area contributed by atoms with Gasteiger partial charge in [0.1, 0.15) is 11.4 Å². The van der Waals surface area contributed by atoms with Crippen LogP contribution in [0.2, 0.25) is 0 Å². The molecule has 0 aliphatic carbocycles. The van der Waals surface area contributed by atoms with Gasteiger partial charge in [0.15, 0.2) is 0 Å². The van der Waals surface area contributed by atoms with Crippen LogP contribution in [0.4, 0.5) is 17.1 Å². The van der Waals surface area contributed by atoms with Gasteiger partial charge in [-0.3, -0.25) is 19.8 Å². The molecule has 0 amide bonds. The van der Waals surface area contributed by atoms with Crippen LogP contribution in [-0.2, 0) is 0 Å². The zero-order chi connectivity index (χ0) is 19.3. The van der Waals surface area contributed by atoms with Crippen molar-refractivity contribution >= 4 is 38.7 Å². The van der Waals surface area contributed by atoms with Gasteiger partial charge in [0.2, 0.25) is 0 Å². The zero-order valence-corrected chi connectivity index (χ0v) is 14.5. The number of aromatic nitrogens is 3. The third-order valence-corrected chi connectivity index (χ3v) is 4.61. The SMILES string of the molecule is Cc1c[nH]c2c(C)c(O)c(N=Nc3ccc(N)c4c(=O)[nH][nH]c(=O)c34)cc12. The molecule has 2 heterocycles. The van der Waals surface area contributed by atoms with Gasteiger partial charge in [0.05, 0.1) is 22.0 Å². The Labute approximate surface area is 151 Å². The molecule has 0 spiro atoms. The fourth-order valence-corrected chi connectivity index (χ4v) is 3.13. The number of phenolic OH excluding ortho intramolecular Hbond substituents is 1. The average molecular weight is 364 g/mol. The van der Waals surface area contributed by atoms with Crippen molar-refractivity contribution in [2.75, 3.05) is 5.73 Å². The van der Waals surface area contributed by atoms with Crippen LogP contribution in [0.25, 0.3) is 21.7 Å². The number of azo groups is 1. The molecule has 4 rings (SSSR count). The lowest BCUT2D eigenvalue weighted by molar-refractivity contribution is 0.473. The number of benzene rings is 2. The van der Waals surface area contributed by atoms with E-state index in [0.29, 0.717) is 5.56 Å². The molecule has 0 aliphatic heterocycles. The van der Waals surface area contributed by atoms with Crippen molar-refractivity contribution in [2.24, 2.45) is 10.2 Å². The molecule has 9 nitrogen and oxygen atoms in total. The van der Waals surface area contributed by atoms with E-state index in [1.54, 1.807) is 13.0 Å². The van der Waals surface area contributed by atoms with Gasteiger partial charge >= 0.3 is 0 Å². The second-order valence-corrected chi connectivity index (χ2v) is 6.30. The minimum absolute atomic E-state index is 0.0143. The third-order valence-electron chi connectivity index (χ3n) is 4.61. The van der Waals surface area contributed by atoms with E-state index < -0.39 is 11.1 Å². The summed E-state index contributed by atoms with van der Waals surface area (Å²) in [6.07, 6.45) is 1.84. The quantitative estimate of drug-likeness (QED) is 0.274. The lowest BCUT2D eigenvalue weighted by Crippen LogP contribution is -2.20. The number of H-pyrrole nitrogens is 3. The topological polar surface area (TPSA) is 152 Å². The molecule has 9 heteroatoms. The number of fused-ring (bicyclic) bond motifs is 2. The molecule has 136 valence electrons. The van der Waals surface area contributed by atoms with Crippen molar-refractivity contribution in [3.05, 3.63) is 56.2 Å². The molecule has 0 fully saturated rings. The van der Waals surface area contributed by atoms with Crippen molar-refractivity contribution < 1.29 is 5.11 Å². The maximum Gasteiger partial charge on any atom is 0.272 e. The smallest absolute Gasteiger partial charge is 0.272 e. The minimum atomic E-state index is -0.539. The van der Waals surface area contributed by atoms with E-state index in [9.17, 15) is 14.7 Å². The Morgan fingerprint density at radius 2 is 1.67 bits per heavy atom. The number of aryl methyl sites for hydroxylation is 2. The average Bonchev–Trinajstić information content (AvgIpc) is 3.02. The van der Waals surface area contributed by atoms with E-state index in [2.05, 4.69) is 25.4 Å². The molecular formula is C18H16N6O3. The summed E-state index contributed by atoms with van der Waals surface area (Å²) in [5, 5.41) is 24.1. The fourth-order valence-electron chi connectivity index (χ4n) is 3.13. The number of hydrogen-bond acceptors (Lipinski definition) is 6. The summed E-state index contributed by atoms with van der Waals surface area (Å²) in [5.41, 5.74) is 7.83. The summed E-state index contributed by atoms with van der Waals surface area (Å²) in [7, 11) is 0. The number of nitrogens with zero attached hydrogens (tertiary/aromatic N) is 2. The molecule has 0 radical (unpaired) electrons. The molecule has 0 unspecified atom stereocenters. The van der Waals surface area contributed by atoms with Crippen LogP contribution >= 0.6 is 0 Å². The van der Waals surface area contributed by atoms with Crippen LogP contribution in [0.5, 0.6) is 5.75 Å². The number of aromatic amines is 3. The van der Waals surface area contributed by atoms with E-state index in [-0.39, 0.29) is 33.6 Å². The van der Waals surface area contributed by atoms with Crippen molar-refractivity contribution in [1.82, 2.24) is 15.2 Å². The highest BCUT2D eigenvalue weighted by Crippen LogP contribution is 2.38. The normalized spacial score (nSPS) is 11.8. The van der Waals surface area contributed by atoms with Gasteiger partial charge in [0.25, 0.3) is 11.1 Å². The van der Waals surface area contributed by atoms with Crippen LogP contribution in [-0.4, -0.2) is 20.3 Å². The maximum absolute atomic E-state index is 12.2. The Kier molecular flexibility index (Phi) is 3.58. The van der Waals surface area contributed by atoms with Gasteiger partial charge in [-0.25, -0.2) is 0 Å². The Morgan fingerprint density at radius 1 is 1.00 bits per heavy atom. The van der Waals surface area contributed by atoms with E-state index >= 15 is 0 Å². The standard InChI is InChI=1S/C18H16N6O3/c1-7-6-20-15-8(2)16(25)12(5-9(7)15)22-21-11-4-3-10(19)13-14(11)18(27)24-23-17(13)26/h3-6,20,25H,19H2,1-2H3,(H,23,26)(H,24,27). The van der Waals surface area contributed by atoms with Gasteiger partial charge in [-0.15, -0.1) is 10.2 Å². The number of phenols is 1. The Balaban J connectivity index is 1.94. The van der Waals surface area contributed by atoms with E-state index in [1.807, 2.05) is 13.1 Å². The lowest BCUT2D eigenvalue weighted by Gasteiger charge is -2.05. The van der Waals surface area contributed by atoms with Crippen LogP contribution in [0.15, 0.2) is 44.2 Å². The predicted octanol–water partition coefficient (Wildman–Crippen LogP) is 3.02. The summed E-state index contributed by atoms with van der Waals surface area (Å²) in [4.78, 5) is 27.3. The first-order chi connectivity index (χ1) is 12.9. The van der Waals surface area contributed by atoms with Gasteiger partial charge in [-0.2, -0.15) is 0 Å². The summed E-state index contributed by atoms with van der Waals surface area (Å²) >= 11 is 0. The molecule has 6 N–H and O–H groups in total. The molecular weight excluding hydrogens is 348 g/mol. The van der Waals surface area contributed by atoms with E-state index in [4.69, 9.17) is 5.73 Å². The van der Waals surface area contributed by atoms with Gasteiger partial charge in [0, 0.05) is 22.8 Å². The monoisotopic (exact) mass is 364 g/mol.